The molecule has 5 radical (unpaired) electrons. The zero-order valence-electron chi connectivity index (χ0n) is 1.54. The predicted molar refractivity (Wildman–Crippen MR) is 3.93 cm³/mol. The van der Waals surface area contributed by atoms with Gasteiger partial charge in [-0.15, -0.1) is 0 Å². The van der Waals surface area contributed by atoms with Crippen molar-refractivity contribution in [1.29, 1.82) is 0 Å². The van der Waals surface area contributed by atoms with Crippen molar-refractivity contribution in [3.05, 3.63) is 7.43 Å². The molecule has 0 spiro atoms. The average molecular weight is 150 g/mol. The average Bonchev–Trinajstić information content (AvgIpc) is 1.00. The first-order valence-corrected chi connectivity index (χ1v) is 0.561. The van der Waals surface area contributed by atoms with Gasteiger partial charge in [0.15, 0.2) is 0 Å². The SMILES string of the molecule is [C].[Cu].[O]=[Co]. The van der Waals surface area contributed by atoms with E-state index in [0.717, 1.165) is 0 Å². The maximum atomic E-state index is 7.94. The normalized spacial score (nSPS) is 1.25. The Hall–Kier alpha value is 0.826. The second-order valence-corrected chi connectivity index (χ2v) is 0. The summed E-state index contributed by atoms with van der Waals surface area (Å²) in [6.07, 6.45) is 0. The van der Waals surface area contributed by atoms with Gasteiger partial charge in [-0.1, -0.05) is 0 Å². The Morgan fingerprint density at radius 3 is 1.25 bits per heavy atom. The van der Waals surface area contributed by atoms with Crippen LogP contribution in [-0.4, -0.2) is 0 Å². The van der Waals surface area contributed by atoms with Gasteiger partial charge in [-0.2, -0.15) is 0 Å². The van der Waals surface area contributed by atoms with Crippen LogP contribution in [-0.2, 0) is 36.6 Å². The molecule has 0 aliphatic carbocycles. The third-order valence-corrected chi connectivity index (χ3v) is 0. The second-order valence-electron chi connectivity index (χ2n) is 0. The second kappa shape index (κ2) is 44.8. The maximum absolute atomic E-state index is 7.94. The van der Waals surface area contributed by atoms with Crippen molar-refractivity contribution in [2.45, 2.75) is 0 Å². The van der Waals surface area contributed by atoms with E-state index in [0.29, 0.717) is 0 Å². The molecule has 0 aromatic rings. The van der Waals surface area contributed by atoms with Gasteiger partial charge in [0.1, 0.15) is 0 Å². The molecule has 0 bridgehead atoms. The van der Waals surface area contributed by atoms with Crippen molar-refractivity contribution >= 4 is 0 Å². The van der Waals surface area contributed by atoms with Gasteiger partial charge in [0.05, 0.1) is 0 Å². The van der Waals surface area contributed by atoms with E-state index in [1.165, 1.54) is 0 Å². The molecule has 0 aliphatic heterocycles. The van der Waals surface area contributed by atoms with Crippen molar-refractivity contribution in [3.63, 3.8) is 0 Å². The van der Waals surface area contributed by atoms with Crippen LogP contribution in [0.25, 0.3) is 0 Å². The van der Waals surface area contributed by atoms with Gasteiger partial charge in [-0.3, -0.25) is 0 Å². The van der Waals surface area contributed by atoms with E-state index >= 15 is 0 Å². The predicted octanol–water partition coefficient (Wildman–Crippen LogP) is -0.0425. The van der Waals surface area contributed by atoms with Crippen molar-refractivity contribution in [3.8, 4) is 0 Å². The van der Waals surface area contributed by atoms with Gasteiger partial charge in [-0.25, -0.2) is 0 Å². The Bertz CT molecular complexity index is 8.00. The monoisotopic (exact) mass is 150 g/mol. The molecule has 30 valence electrons. The molecule has 0 heterocycles. The van der Waals surface area contributed by atoms with Gasteiger partial charge in [0.25, 0.3) is 0 Å². The molecule has 1 nitrogen and oxygen atoms in total. The quantitative estimate of drug-likeness (QED) is 0.443. The molecule has 0 saturated heterocycles. The molecular weight excluding hydrogens is 150 g/mol. The van der Waals surface area contributed by atoms with Gasteiger partial charge < -0.3 is 0 Å². The standard InChI is InChI=1S/C.Co.Cu.O. The fourth-order valence-electron chi connectivity index (χ4n) is 0. The summed E-state index contributed by atoms with van der Waals surface area (Å²) in [5.74, 6) is 0. The van der Waals surface area contributed by atoms with Crippen molar-refractivity contribution in [2.24, 2.45) is 0 Å². The molecule has 0 aromatic heterocycles. The Kier molecular flexibility index (Phi) is 237. The van der Waals surface area contributed by atoms with E-state index in [1.54, 1.807) is 0 Å². The summed E-state index contributed by atoms with van der Waals surface area (Å²) in [5.41, 5.74) is 0. The zero-order chi connectivity index (χ0) is 2.00. The van der Waals surface area contributed by atoms with Gasteiger partial charge >= 0.3 is 19.5 Å². The van der Waals surface area contributed by atoms with Crippen LogP contribution in [0, 0.1) is 7.43 Å². The van der Waals surface area contributed by atoms with Crippen LogP contribution in [0.3, 0.4) is 0 Å². The fourth-order valence-corrected chi connectivity index (χ4v) is 0. The number of hydrogen-bond acceptors (Lipinski definition) is 1. The molecule has 0 N–H and O–H groups in total. The van der Waals surface area contributed by atoms with E-state index in [2.05, 4.69) is 15.7 Å². The van der Waals surface area contributed by atoms with Crippen LogP contribution in [0.15, 0.2) is 0 Å². The molecule has 0 aromatic carbocycles. The van der Waals surface area contributed by atoms with Crippen LogP contribution >= 0.6 is 0 Å². The summed E-state index contributed by atoms with van der Waals surface area (Å²) in [6.45, 7) is 0. The first kappa shape index (κ1) is 21.2. The molecule has 3 heteroatoms. The minimum absolute atomic E-state index is 0. The van der Waals surface area contributed by atoms with Crippen LogP contribution in [0.1, 0.15) is 0 Å². The summed E-state index contributed by atoms with van der Waals surface area (Å²) < 4.78 is 7.94. The molecular formula is CCoCuO. The molecule has 0 atom stereocenters. The van der Waals surface area contributed by atoms with Crippen molar-refractivity contribution in [1.82, 2.24) is 0 Å². The van der Waals surface area contributed by atoms with E-state index in [4.69, 9.17) is 3.87 Å². The Balaban J connectivity index is -0.00000000500. The summed E-state index contributed by atoms with van der Waals surface area (Å²) >= 11 is 2.31. The van der Waals surface area contributed by atoms with E-state index in [1.807, 2.05) is 0 Å². The molecule has 0 saturated carbocycles. The van der Waals surface area contributed by atoms with Gasteiger partial charge in [0, 0.05) is 24.5 Å². The van der Waals surface area contributed by atoms with E-state index in [-0.39, 0.29) is 24.5 Å². The fraction of sp³-hybridized carbons (Fsp3) is 0. The Labute approximate surface area is 44.4 Å². The first-order chi connectivity index (χ1) is 1.00. The molecule has 0 aliphatic rings. The summed E-state index contributed by atoms with van der Waals surface area (Å²) in [7, 11) is 0. The summed E-state index contributed by atoms with van der Waals surface area (Å²) in [6, 6.07) is 0. The summed E-state index contributed by atoms with van der Waals surface area (Å²) in [4.78, 5) is 0. The molecule has 0 unspecified atom stereocenters. The number of hydrogen-bond donors (Lipinski definition) is 0. The Morgan fingerprint density at radius 2 is 1.25 bits per heavy atom. The molecule has 0 rings (SSSR count). The summed E-state index contributed by atoms with van der Waals surface area (Å²) in [5, 5.41) is 0. The van der Waals surface area contributed by atoms with Crippen LogP contribution in [0.4, 0.5) is 0 Å². The van der Waals surface area contributed by atoms with Crippen LogP contribution < -0.4 is 0 Å². The first-order valence-electron chi connectivity index (χ1n) is 0.136. The third kappa shape index (κ3) is 13.8. The van der Waals surface area contributed by atoms with Crippen LogP contribution in [0.2, 0.25) is 0 Å². The van der Waals surface area contributed by atoms with Gasteiger partial charge in [-0.05, 0) is 0 Å². The van der Waals surface area contributed by atoms with Crippen LogP contribution in [0.5, 0.6) is 0 Å². The van der Waals surface area contributed by atoms with E-state index in [9.17, 15) is 0 Å². The third-order valence-electron chi connectivity index (χ3n) is 0. The van der Waals surface area contributed by atoms with Gasteiger partial charge in [0.2, 0.25) is 0 Å². The molecule has 0 fully saturated rings. The number of rotatable bonds is 0. The minimum atomic E-state index is 0. The van der Waals surface area contributed by atoms with Crippen molar-refractivity contribution in [2.75, 3.05) is 0 Å². The zero-order valence-corrected chi connectivity index (χ0v) is 3.53. The Morgan fingerprint density at radius 1 is 1.25 bits per heavy atom. The van der Waals surface area contributed by atoms with Crippen molar-refractivity contribution < 1.29 is 36.6 Å². The van der Waals surface area contributed by atoms with E-state index < -0.39 is 0 Å². The topological polar surface area (TPSA) is 17.1 Å². The molecule has 4 heavy (non-hydrogen) atoms. The molecule has 0 amide bonds.